The van der Waals surface area contributed by atoms with Gasteiger partial charge in [0.1, 0.15) is 0 Å². The van der Waals surface area contributed by atoms with Gasteiger partial charge in [0.2, 0.25) is 0 Å². The van der Waals surface area contributed by atoms with E-state index in [-0.39, 0.29) is 40.0 Å². The van der Waals surface area contributed by atoms with Gasteiger partial charge in [0.05, 0.1) is 12.2 Å². The summed E-state index contributed by atoms with van der Waals surface area (Å²) >= 11 is 0. The van der Waals surface area contributed by atoms with Crippen molar-refractivity contribution >= 4 is 5.78 Å². The van der Waals surface area contributed by atoms with Crippen molar-refractivity contribution in [2.24, 2.45) is 45.8 Å². The van der Waals surface area contributed by atoms with Gasteiger partial charge >= 0.3 is 0 Å². The highest BCUT2D eigenvalue weighted by atomic mass is 16.3. The van der Waals surface area contributed by atoms with Gasteiger partial charge < -0.3 is 10.2 Å². The zero-order chi connectivity index (χ0) is 24.5. The maximum atomic E-state index is 14.0. The predicted molar refractivity (Wildman–Crippen MR) is 135 cm³/mol. The summed E-state index contributed by atoms with van der Waals surface area (Å²) in [7, 11) is 0. The van der Waals surface area contributed by atoms with Crippen LogP contribution >= 0.6 is 0 Å². The topological polar surface area (TPSA) is 57.5 Å². The molecule has 0 aromatic heterocycles. The van der Waals surface area contributed by atoms with Gasteiger partial charge in [-0.1, -0.05) is 60.6 Å². The number of hydrogen-bond donors (Lipinski definition) is 2. The van der Waals surface area contributed by atoms with E-state index < -0.39 is 6.10 Å². The molecule has 9 unspecified atom stereocenters. The highest BCUT2D eigenvalue weighted by Gasteiger charge is 2.66. The van der Waals surface area contributed by atoms with Gasteiger partial charge in [-0.25, -0.2) is 0 Å². The molecule has 3 nitrogen and oxygen atoms in total. The van der Waals surface area contributed by atoms with Gasteiger partial charge in [0.25, 0.3) is 0 Å². The summed E-state index contributed by atoms with van der Waals surface area (Å²) < 4.78 is 0. The number of rotatable bonds is 5. The molecule has 2 N–H and O–H groups in total. The Morgan fingerprint density at radius 2 is 1.79 bits per heavy atom. The molecule has 2 saturated carbocycles. The number of carbonyl (C=O) groups is 1. The lowest BCUT2D eigenvalue weighted by Gasteiger charge is -2.60. The summed E-state index contributed by atoms with van der Waals surface area (Å²) in [5.41, 5.74) is 2.93. The Labute approximate surface area is 202 Å². The largest absolute Gasteiger partial charge is 0.393 e. The number of carbonyl (C=O) groups excluding carboxylic acids is 1. The third-order valence-electron chi connectivity index (χ3n) is 11.5. The molecule has 0 amide bonds. The Bertz CT molecular complexity index is 855. The van der Waals surface area contributed by atoms with Crippen LogP contribution in [-0.2, 0) is 4.79 Å². The van der Waals surface area contributed by atoms with Crippen LogP contribution in [0.15, 0.2) is 23.3 Å². The maximum Gasteiger partial charge on any atom is 0.160 e. The Morgan fingerprint density at radius 1 is 1.12 bits per heavy atom. The molecule has 33 heavy (non-hydrogen) atoms. The predicted octanol–water partition coefficient (Wildman–Crippen LogP) is 6.48. The number of ketones is 1. The molecular formula is C30H48O3. The first-order valence-corrected chi connectivity index (χ1v) is 13.6. The average molecular weight is 457 g/mol. The second-order valence-corrected chi connectivity index (χ2v) is 13.4. The number of fused-ring (bicyclic) bond motifs is 4. The number of aliphatic hydroxyl groups excluding tert-OH is 2. The zero-order valence-electron chi connectivity index (χ0n) is 22.2. The Balaban J connectivity index is 1.71. The number of allylic oxidation sites excluding steroid dienone is 2. The molecule has 3 heteroatoms. The maximum absolute atomic E-state index is 14.0. The molecule has 2 fully saturated rings. The summed E-state index contributed by atoms with van der Waals surface area (Å²) in [5.74, 6) is 2.12. The summed E-state index contributed by atoms with van der Waals surface area (Å²) in [6, 6.07) is 0. The third-order valence-corrected chi connectivity index (χ3v) is 11.5. The SMILES string of the molecule is C=C(CCC(C)C1CCC2(C)C3=C(C(=O)CC12C)C1(C)CCC(O)C(C)C1CC3O)C(C)C. The van der Waals surface area contributed by atoms with Gasteiger partial charge in [-0.15, -0.1) is 0 Å². The monoisotopic (exact) mass is 456 g/mol. The molecule has 0 spiro atoms. The van der Waals surface area contributed by atoms with Crippen LogP contribution in [0.5, 0.6) is 0 Å². The smallest absolute Gasteiger partial charge is 0.160 e. The van der Waals surface area contributed by atoms with Gasteiger partial charge in [-0.3, -0.25) is 4.79 Å². The highest BCUT2D eigenvalue weighted by Crippen LogP contribution is 2.70. The molecular weight excluding hydrogens is 408 g/mol. The Morgan fingerprint density at radius 3 is 2.42 bits per heavy atom. The molecule has 0 radical (unpaired) electrons. The van der Waals surface area contributed by atoms with E-state index in [0.717, 1.165) is 49.7 Å². The van der Waals surface area contributed by atoms with Crippen molar-refractivity contribution in [1.29, 1.82) is 0 Å². The standard InChI is InChI=1S/C30H48O3/c1-17(2)18(3)9-10-19(4)21-11-14-29(7)27-24(32)15-22-20(5)23(31)12-13-28(22,6)26(27)25(33)16-30(21,29)8/h17,19-24,31-32H,3,9-16H2,1-2,4-8H3. The lowest BCUT2D eigenvalue weighted by molar-refractivity contribution is -0.129. The van der Waals surface area contributed by atoms with Gasteiger partial charge in [0, 0.05) is 12.0 Å². The Kier molecular flexibility index (Phi) is 6.35. The van der Waals surface area contributed by atoms with Crippen molar-refractivity contribution in [3.63, 3.8) is 0 Å². The van der Waals surface area contributed by atoms with Crippen molar-refractivity contribution in [1.82, 2.24) is 0 Å². The first kappa shape index (κ1) is 25.2. The number of aliphatic hydroxyl groups is 2. The molecule has 0 heterocycles. The van der Waals surface area contributed by atoms with Gasteiger partial charge in [-0.05, 0) is 96.4 Å². The number of hydrogen-bond acceptors (Lipinski definition) is 3. The highest BCUT2D eigenvalue weighted by molar-refractivity contribution is 6.00. The quantitative estimate of drug-likeness (QED) is 0.465. The van der Waals surface area contributed by atoms with Crippen molar-refractivity contribution in [2.45, 2.75) is 112 Å². The summed E-state index contributed by atoms with van der Waals surface area (Å²) in [4.78, 5) is 14.0. The number of Topliss-reactive ketones (excluding diaryl/α,β-unsaturated/α-hetero) is 1. The van der Waals surface area contributed by atoms with E-state index in [2.05, 4.69) is 55.0 Å². The summed E-state index contributed by atoms with van der Waals surface area (Å²) in [6.45, 7) is 20.2. The van der Waals surface area contributed by atoms with Crippen molar-refractivity contribution in [3.05, 3.63) is 23.3 Å². The molecule has 186 valence electrons. The average Bonchev–Trinajstić information content (AvgIpc) is 3.01. The fraction of sp³-hybridized carbons (Fsp3) is 0.833. The second-order valence-electron chi connectivity index (χ2n) is 13.4. The van der Waals surface area contributed by atoms with E-state index >= 15 is 0 Å². The van der Waals surface area contributed by atoms with Crippen LogP contribution in [0.1, 0.15) is 99.8 Å². The molecule has 0 aromatic rings. The molecule has 4 aliphatic rings. The van der Waals surface area contributed by atoms with Crippen LogP contribution in [0.25, 0.3) is 0 Å². The van der Waals surface area contributed by atoms with Crippen LogP contribution in [0.2, 0.25) is 0 Å². The Hall–Kier alpha value is -0.930. The van der Waals surface area contributed by atoms with E-state index in [0.29, 0.717) is 30.6 Å². The van der Waals surface area contributed by atoms with Crippen molar-refractivity contribution < 1.29 is 15.0 Å². The first-order chi connectivity index (χ1) is 15.3. The van der Waals surface area contributed by atoms with Crippen molar-refractivity contribution in [3.8, 4) is 0 Å². The summed E-state index contributed by atoms with van der Waals surface area (Å²) in [5, 5.41) is 22.1. The zero-order valence-corrected chi connectivity index (χ0v) is 22.2. The lowest BCUT2D eigenvalue weighted by atomic mass is 9.44. The van der Waals surface area contributed by atoms with Crippen molar-refractivity contribution in [2.75, 3.05) is 0 Å². The molecule has 0 saturated heterocycles. The molecule has 0 aliphatic heterocycles. The molecule has 9 atom stereocenters. The van der Waals surface area contributed by atoms with E-state index in [1.165, 1.54) is 5.57 Å². The van der Waals surface area contributed by atoms with Gasteiger partial charge in [-0.2, -0.15) is 0 Å². The molecule has 0 bridgehead atoms. The third kappa shape index (κ3) is 3.54. The fourth-order valence-corrected chi connectivity index (χ4v) is 8.94. The minimum absolute atomic E-state index is 0.106. The fourth-order valence-electron chi connectivity index (χ4n) is 8.94. The summed E-state index contributed by atoms with van der Waals surface area (Å²) in [6.07, 6.45) is 6.39. The van der Waals surface area contributed by atoms with Crippen LogP contribution in [0.3, 0.4) is 0 Å². The molecule has 4 rings (SSSR count). The van der Waals surface area contributed by atoms with E-state index in [9.17, 15) is 15.0 Å². The lowest BCUT2D eigenvalue weighted by Crippen LogP contribution is -2.57. The van der Waals surface area contributed by atoms with E-state index in [1.807, 2.05) is 0 Å². The van der Waals surface area contributed by atoms with Gasteiger partial charge in [0.15, 0.2) is 5.78 Å². The second kappa shape index (κ2) is 8.33. The molecule has 0 aromatic carbocycles. The first-order valence-electron chi connectivity index (χ1n) is 13.6. The minimum Gasteiger partial charge on any atom is -0.393 e. The van der Waals surface area contributed by atoms with Crippen LogP contribution < -0.4 is 0 Å². The van der Waals surface area contributed by atoms with Crippen LogP contribution in [-0.4, -0.2) is 28.2 Å². The molecule has 4 aliphatic carbocycles. The van der Waals surface area contributed by atoms with Crippen LogP contribution in [0.4, 0.5) is 0 Å². The minimum atomic E-state index is -0.561. The van der Waals surface area contributed by atoms with E-state index in [1.54, 1.807) is 0 Å². The van der Waals surface area contributed by atoms with Crippen LogP contribution in [0, 0.1) is 45.8 Å². The van der Waals surface area contributed by atoms with E-state index in [4.69, 9.17) is 0 Å². The normalized spacial score (nSPS) is 46.1.